The van der Waals surface area contributed by atoms with Crippen molar-refractivity contribution in [2.45, 2.75) is 111 Å². The summed E-state index contributed by atoms with van der Waals surface area (Å²) in [5, 5.41) is 7.16. The molecule has 336 valence electrons. The molecule has 62 heavy (non-hydrogen) atoms. The third kappa shape index (κ3) is 10.3. The summed E-state index contributed by atoms with van der Waals surface area (Å²) in [4.78, 5) is 67.8. The van der Waals surface area contributed by atoms with Gasteiger partial charge in [-0.15, -0.1) is 15.8 Å². The number of nitrogens with one attached hydrogen (secondary N) is 2. The van der Waals surface area contributed by atoms with E-state index in [1.165, 1.54) is 21.9 Å². The minimum Gasteiger partial charge on any atom is -0.465 e. The standard InChI is InChI=1S/C45H62FN9O6S/c1-9-54-36-16-15-29-21-32(36)33(41(54)31-13-12-18-48-39(31)28(4)60-8)23-45(5,6)26-61-38(56)14-10-11-19-55(51-46)43(58)34(22-37-49-35(29)25-62-37)50-42(57)40(27(2)3)52(7)44(59)53-20-17-30(47)24-53/h12-13,15-16,18,21,25,27-28,30,34,40,51H,9-11,14,17,19-20,22-24,26,47H2,1-8H3,(H,50,57)/t28-,30+,34-,40?/m0/s1. The highest BCUT2D eigenvalue weighted by atomic mass is 32.1. The first-order valence-corrected chi connectivity index (χ1v) is 22.4. The van der Waals surface area contributed by atoms with E-state index in [1.807, 2.05) is 38.3 Å². The zero-order valence-corrected chi connectivity index (χ0v) is 38.0. The van der Waals surface area contributed by atoms with Crippen LogP contribution in [0.15, 0.2) is 41.9 Å². The van der Waals surface area contributed by atoms with Gasteiger partial charge in [0.05, 0.1) is 34.8 Å². The molecular formula is C45H62FN9O6S. The van der Waals surface area contributed by atoms with Crippen molar-refractivity contribution in [3.8, 4) is 22.5 Å². The molecule has 5 heterocycles. The second-order valence-electron chi connectivity index (χ2n) is 17.6. The van der Waals surface area contributed by atoms with Gasteiger partial charge in [-0.3, -0.25) is 19.4 Å². The number of halogens is 1. The Labute approximate surface area is 367 Å². The zero-order chi connectivity index (χ0) is 44.9. The van der Waals surface area contributed by atoms with Crippen LogP contribution in [0, 0.1) is 11.3 Å². The average Bonchev–Trinajstić information content (AvgIpc) is 3.98. The van der Waals surface area contributed by atoms with Gasteiger partial charge in [-0.25, -0.2) is 14.8 Å². The third-order valence-corrected chi connectivity index (χ3v) is 12.8. The van der Waals surface area contributed by atoms with Gasteiger partial charge in [0.2, 0.25) is 5.91 Å². The molecular weight excluding hydrogens is 814 g/mol. The van der Waals surface area contributed by atoms with E-state index >= 15 is 0 Å². The SMILES string of the molecule is CCn1c(-c2cccnc2[C@H](C)OC)c2c3cc(ccc31)-c1csc(n1)C[C@H](NC(=O)C(C(C)C)N(C)C(=O)N1CC[C@@H](N)C1)C(=O)N(NF)CCCCC(=O)OCC(C)(C)C2. The van der Waals surface area contributed by atoms with Gasteiger partial charge in [-0.05, 0) is 75.3 Å². The second kappa shape index (κ2) is 20.0. The maximum absolute atomic E-state index is 14.5. The number of pyridine rings is 1. The van der Waals surface area contributed by atoms with Crippen LogP contribution in [0.1, 0.15) is 89.6 Å². The Kier molecular flexibility index (Phi) is 15.0. The van der Waals surface area contributed by atoms with Crippen LogP contribution in [0.4, 0.5) is 9.28 Å². The number of cyclic esters (lactones) is 1. The second-order valence-corrected chi connectivity index (χ2v) is 18.6. The number of hydrogen-bond donors (Lipinski definition) is 3. The molecule has 15 nitrogen and oxygen atoms in total. The summed E-state index contributed by atoms with van der Waals surface area (Å²) in [6.07, 6.45) is 3.39. The molecule has 17 heteroatoms. The van der Waals surface area contributed by atoms with Gasteiger partial charge in [0.15, 0.2) is 0 Å². The molecule has 0 aliphatic carbocycles. The van der Waals surface area contributed by atoms with Crippen LogP contribution in [-0.2, 0) is 43.2 Å². The number of hydrazine groups is 1. The molecule has 4 bridgehead atoms. The molecule has 2 aliphatic heterocycles. The fourth-order valence-corrected chi connectivity index (χ4v) is 9.50. The molecule has 1 aromatic carbocycles. The number of thiazole rings is 1. The van der Waals surface area contributed by atoms with Crippen molar-refractivity contribution in [1.29, 1.82) is 0 Å². The maximum Gasteiger partial charge on any atom is 0.320 e. The number of nitrogens with two attached hydrogens (primary N) is 1. The van der Waals surface area contributed by atoms with Crippen LogP contribution in [0.2, 0.25) is 0 Å². The Morgan fingerprint density at radius 1 is 1.16 bits per heavy atom. The van der Waals surface area contributed by atoms with Gasteiger partial charge in [0, 0.05) is 98.2 Å². The van der Waals surface area contributed by atoms with Gasteiger partial charge in [0.1, 0.15) is 12.1 Å². The zero-order valence-electron chi connectivity index (χ0n) is 37.2. The monoisotopic (exact) mass is 875 g/mol. The first kappa shape index (κ1) is 46.5. The van der Waals surface area contributed by atoms with Crippen molar-refractivity contribution in [3.05, 3.63) is 58.2 Å². The van der Waals surface area contributed by atoms with E-state index in [0.29, 0.717) is 49.6 Å². The molecule has 1 fully saturated rings. The van der Waals surface area contributed by atoms with Crippen LogP contribution in [0.25, 0.3) is 33.4 Å². The molecule has 4 atom stereocenters. The quantitative estimate of drug-likeness (QED) is 0.130. The molecule has 4 N–H and O–H groups in total. The van der Waals surface area contributed by atoms with Crippen LogP contribution < -0.4 is 16.7 Å². The van der Waals surface area contributed by atoms with Crippen LogP contribution in [0.3, 0.4) is 0 Å². The lowest BCUT2D eigenvalue weighted by atomic mass is 9.84. The highest BCUT2D eigenvalue weighted by Gasteiger charge is 2.37. The molecule has 3 aromatic heterocycles. The number of aromatic nitrogens is 3. The van der Waals surface area contributed by atoms with E-state index in [1.54, 1.807) is 25.3 Å². The third-order valence-electron chi connectivity index (χ3n) is 11.9. The van der Waals surface area contributed by atoms with Crippen molar-refractivity contribution < 1.29 is 33.1 Å². The fourth-order valence-electron chi connectivity index (χ4n) is 8.65. The number of amides is 4. The molecule has 1 saturated heterocycles. The minimum atomic E-state index is -1.24. The van der Waals surface area contributed by atoms with Crippen molar-refractivity contribution >= 4 is 46.1 Å². The predicted octanol–water partition coefficient (Wildman–Crippen LogP) is 6.20. The Bertz CT molecular complexity index is 2240. The van der Waals surface area contributed by atoms with Crippen molar-refractivity contribution in [1.82, 2.24) is 40.3 Å². The predicted molar refractivity (Wildman–Crippen MR) is 237 cm³/mol. The molecule has 4 amide bonds. The number of methoxy groups -OCH3 is 1. The molecule has 4 aromatic rings. The first-order chi connectivity index (χ1) is 29.6. The smallest absolute Gasteiger partial charge is 0.320 e. The number of fused-ring (bicyclic) bond motifs is 4. The maximum atomic E-state index is 14.5. The van der Waals surface area contributed by atoms with E-state index in [-0.39, 0.29) is 56.5 Å². The number of hydrogen-bond acceptors (Lipinski definition) is 11. The number of nitrogens with zero attached hydrogens (tertiary/aromatic N) is 6. The first-order valence-electron chi connectivity index (χ1n) is 21.6. The molecule has 2 aliphatic rings. The summed E-state index contributed by atoms with van der Waals surface area (Å²) >= 11 is 1.34. The molecule has 1 unspecified atom stereocenters. The van der Waals surface area contributed by atoms with E-state index in [9.17, 15) is 23.7 Å². The summed E-state index contributed by atoms with van der Waals surface area (Å²) in [5.41, 5.74) is 13.5. The van der Waals surface area contributed by atoms with E-state index in [2.05, 4.69) is 48.9 Å². The normalized spacial score (nSPS) is 20.0. The Balaban J connectivity index is 1.42. The highest BCUT2D eigenvalue weighted by Crippen LogP contribution is 2.42. The lowest BCUT2D eigenvalue weighted by Crippen LogP contribution is -2.59. The van der Waals surface area contributed by atoms with Gasteiger partial charge in [-0.2, -0.15) is 0 Å². The van der Waals surface area contributed by atoms with Crippen LogP contribution in [-0.4, -0.2) is 112 Å². The number of esters is 1. The summed E-state index contributed by atoms with van der Waals surface area (Å²) in [5.74, 6) is -2.00. The lowest BCUT2D eigenvalue weighted by molar-refractivity contribution is -0.147. The van der Waals surface area contributed by atoms with E-state index in [0.717, 1.165) is 44.0 Å². The summed E-state index contributed by atoms with van der Waals surface area (Å²) in [6.45, 7) is 13.5. The van der Waals surface area contributed by atoms with Gasteiger partial charge in [-0.1, -0.05) is 39.4 Å². The van der Waals surface area contributed by atoms with Crippen LogP contribution >= 0.6 is 11.3 Å². The fraction of sp³-hybridized carbons (Fsp3) is 0.556. The number of likely N-dealkylation sites (tertiary alicyclic amines) is 1. The average molecular weight is 876 g/mol. The number of ether oxygens (including phenoxy) is 2. The number of carbonyl (C=O) groups is 4. The number of rotatable bonds is 9. The molecule has 6 rings (SSSR count). The largest absolute Gasteiger partial charge is 0.465 e. The van der Waals surface area contributed by atoms with Gasteiger partial charge < -0.3 is 34.9 Å². The molecule has 0 radical (unpaired) electrons. The van der Waals surface area contributed by atoms with Crippen molar-refractivity contribution in [2.24, 2.45) is 17.1 Å². The van der Waals surface area contributed by atoms with E-state index in [4.69, 9.17) is 25.2 Å². The highest BCUT2D eigenvalue weighted by molar-refractivity contribution is 7.10. The van der Waals surface area contributed by atoms with E-state index < -0.39 is 35.3 Å². The molecule has 0 saturated carbocycles. The number of aryl methyl sites for hydroxylation is 1. The van der Waals surface area contributed by atoms with Crippen molar-refractivity contribution in [2.75, 3.05) is 40.4 Å². The summed E-state index contributed by atoms with van der Waals surface area (Å²) in [6, 6.07) is 7.59. The van der Waals surface area contributed by atoms with Gasteiger partial charge >= 0.3 is 12.0 Å². The Hall–Kier alpha value is -4.97. The summed E-state index contributed by atoms with van der Waals surface area (Å²) < 4.78 is 28.4. The van der Waals surface area contributed by atoms with Crippen molar-refractivity contribution in [3.63, 3.8) is 0 Å². The Morgan fingerprint density at radius 2 is 1.94 bits per heavy atom. The number of likely N-dealkylation sites (N-methyl/N-ethyl adjacent to an activating group) is 1. The number of benzene rings is 1. The lowest BCUT2D eigenvalue weighted by Gasteiger charge is -2.34. The minimum absolute atomic E-state index is 0.0390. The van der Waals surface area contributed by atoms with Gasteiger partial charge in [0.25, 0.3) is 5.91 Å². The summed E-state index contributed by atoms with van der Waals surface area (Å²) in [7, 11) is 3.24. The molecule has 0 spiro atoms. The number of urea groups is 1. The van der Waals surface area contributed by atoms with Crippen LogP contribution in [0.5, 0.6) is 0 Å². The Morgan fingerprint density at radius 3 is 2.61 bits per heavy atom. The topological polar surface area (TPSA) is 177 Å². The number of carbonyl (C=O) groups excluding carboxylic acids is 4.